The fourth-order valence-electron chi connectivity index (χ4n) is 2.85. The van der Waals surface area contributed by atoms with E-state index in [9.17, 15) is 9.59 Å². The Hall–Kier alpha value is -1.92. The molecule has 2 N–H and O–H groups in total. The van der Waals surface area contributed by atoms with Crippen LogP contribution in [0.2, 0.25) is 0 Å². The molecule has 2 atom stereocenters. The maximum atomic E-state index is 12.5. The molecule has 1 aromatic rings. The van der Waals surface area contributed by atoms with Gasteiger partial charge in [0.15, 0.2) is 6.10 Å². The van der Waals surface area contributed by atoms with E-state index in [-0.39, 0.29) is 24.5 Å². The first-order valence-corrected chi connectivity index (χ1v) is 7.96. The molecule has 0 radical (unpaired) electrons. The first-order chi connectivity index (χ1) is 11.1. The van der Waals surface area contributed by atoms with Crippen LogP contribution < -0.4 is 10.6 Å². The van der Waals surface area contributed by atoms with Crippen LogP contribution in [0, 0.1) is 0 Å². The topological polar surface area (TPSA) is 70.7 Å². The van der Waals surface area contributed by atoms with Crippen molar-refractivity contribution in [3.05, 3.63) is 35.9 Å². The lowest BCUT2D eigenvalue weighted by atomic mass is 9.96. The van der Waals surface area contributed by atoms with Gasteiger partial charge in [-0.25, -0.2) is 0 Å². The van der Waals surface area contributed by atoms with E-state index in [1.165, 1.54) is 0 Å². The molecular formula is C17H25N3O3. The van der Waals surface area contributed by atoms with E-state index in [1.807, 2.05) is 51.2 Å². The van der Waals surface area contributed by atoms with Crippen LogP contribution in [0.25, 0.3) is 0 Å². The summed E-state index contributed by atoms with van der Waals surface area (Å²) in [6, 6.07) is 9.16. The molecule has 0 unspecified atom stereocenters. The third-order valence-corrected chi connectivity index (χ3v) is 3.89. The molecule has 1 fully saturated rings. The molecule has 6 heteroatoms. The molecule has 6 nitrogen and oxygen atoms in total. The summed E-state index contributed by atoms with van der Waals surface area (Å²) in [6.45, 7) is 5.05. The summed E-state index contributed by atoms with van der Waals surface area (Å²) in [5.74, 6) is -0.277. The molecule has 2 amide bonds. The standard InChI is InChI=1S/C17H25N3O3/c1-12(2)20-14(21)11-23-16(17(22)19-10-9-18-3)15(20)13-7-5-4-6-8-13/h4-8,12,15-16,18H,9-11H2,1-3H3,(H,19,22)/t15-,16+/m1/s1. The van der Waals surface area contributed by atoms with Crippen molar-refractivity contribution in [1.29, 1.82) is 0 Å². The lowest BCUT2D eigenvalue weighted by Crippen LogP contribution is -2.56. The Labute approximate surface area is 137 Å². The quantitative estimate of drug-likeness (QED) is 0.757. The van der Waals surface area contributed by atoms with Gasteiger partial charge in [-0.3, -0.25) is 9.59 Å². The molecule has 1 aromatic carbocycles. The minimum Gasteiger partial charge on any atom is -0.356 e. The second-order valence-electron chi connectivity index (χ2n) is 5.88. The molecule has 0 saturated carbocycles. The van der Waals surface area contributed by atoms with Gasteiger partial charge in [0, 0.05) is 19.1 Å². The number of rotatable bonds is 6. The molecule has 0 bridgehead atoms. The Morgan fingerprint density at radius 2 is 2.00 bits per heavy atom. The van der Waals surface area contributed by atoms with Crippen molar-refractivity contribution in [3.63, 3.8) is 0 Å². The van der Waals surface area contributed by atoms with E-state index >= 15 is 0 Å². The number of nitrogens with zero attached hydrogens (tertiary/aromatic N) is 1. The summed E-state index contributed by atoms with van der Waals surface area (Å²) >= 11 is 0. The van der Waals surface area contributed by atoms with E-state index in [0.717, 1.165) is 5.56 Å². The van der Waals surface area contributed by atoms with E-state index in [4.69, 9.17) is 4.74 Å². The number of likely N-dealkylation sites (N-methyl/N-ethyl adjacent to an activating group) is 1. The maximum absolute atomic E-state index is 12.5. The Kier molecular flexibility index (Phi) is 6.12. The molecular weight excluding hydrogens is 294 g/mol. The third kappa shape index (κ3) is 4.09. The fraction of sp³-hybridized carbons (Fsp3) is 0.529. The monoisotopic (exact) mass is 319 g/mol. The smallest absolute Gasteiger partial charge is 0.251 e. The number of nitrogens with one attached hydrogen (secondary N) is 2. The van der Waals surface area contributed by atoms with Crippen molar-refractivity contribution in [2.24, 2.45) is 0 Å². The second-order valence-corrected chi connectivity index (χ2v) is 5.88. The van der Waals surface area contributed by atoms with Crippen LogP contribution >= 0.6 is 0 Å². The number of benzene rings is 1. The molecule has 23 heavy (non-hydrogen) atoms. The molecule has 2 rings (SSSR count). The number of carbonyl (C=O) groups excluding carboxylic acids is 2. The number of hydrogen-bond donors (Lipinski definition) is 2. The molecule has 1 heterocycles. The Morgan fingerprint density at radius 3 is 2.61 bits per heavy atom. The van der Waals surface area contributed by atoms with Gasteiger partial charge >= 0.3 is 0 Å². The van der Waals surface area contributed by atoms with Gasteiger partial charge in [0.2, 0.25) is 5.91 Å². The van der Waals surface area contributed by atoms with Crippen molar-refractivity contribution < 1.29 is 14.3 Å². The summed E-state index contributed by atoms with van der Waals surface area (Å²) in [6.07, 6.45) is -0.700. The fourth-order valence-corrected chi connectivity index (χ4v) is 2.85. The molecule has 0 aliphatic carbocycles. The van der Waals surface area contributed by atoms with Gasteiger partial charge in [-0.2, -0.15) is 0 Å². The van der Waals surface area contributed by atoms with Crippen LogP contribution in [0.5, 0.6) is 0 Å². The Bertz CT molecular complexity index is 533. The highest BCUT2D eigenvalue weighted by atomic mass is 16.5. The van der Waals surface area contributed by atoms with Crippen molar-refractivity contribution in [1.82, 2.24) is 15.5 Å². The SMILES string of the molecule is CNCCNC(=O)[C@H]1OCC(=O)N(C(C)C)[C@@H]1c1ccccc1. The average Bonchev–Trinajstić information content (AvgIpc) is 2.55. The van der Waals surface area contributed by atoms with E-state index < -0.39 is 12.1 Å². The first kappa shape index (κ1) is 17.4. The molecule has 1 aliphatic heterocycles. The first-order valence-electron chi connectivity index (χ1n) is 7.96. The second kappa shape index (κ2) is 8.08. The van der Waals surface area contributed by atoms with Crippen LogP contribution in [0.4, 0.5) is 0 Å². The lowest BCUT2D eigenvalue weighted by Gasteiger charge is -2.42. The number of hydrogen-bond acceptors (Lipinski definition) is 4. The largest absolute Gasteiger partial charge is 0.356 e. The number of amides is 2. The predicted octanol–water partition coefficient (Wildman–Crippen LogP) is 0.699. The van der Waals surface area contributed by atoms with Crippen molar-refractivity contribution >= 4 is 11.8 Å². The lowest BCUT2D eigenvalue weighted by molar-refractivity contribution is -0.167. The van der Waals surface area contributed by atoms with Gasteiger partial charge in [-0.15, -0.1) is 0 Å². The molecule has 1 saturated heterocycles. The van der Waals surface area contributed by atoms with Gasteiger partial charge in [0.25, 0.3) is 5.91 Å². The molecule has 126 valence electrons. The van der Waals surface area contributed by atoms with Crippen molar-refractivity contribution in [2.75, 3.05) is 26.7 Å². The summed E-state index contributed by atoms with van der Waals surface area (Å²) in [5.41, 5.74) is 0.906. The van der Waals surface area contributed by atoms with Gasteiger partial charge in [-0.1, -0.05) is 30.3 Å². The summed E-state index contributed by atoms with van der Waals surface area (Å²) in [4.78, 5) is 26.6. The minimum absolute atomic E-state index is 0.00999. The normalized spacial score (nSPS) is 21.6. The van der Waals surface area contributed by atoms with Crippen LogP contribution in [0.15, 0.2) is 30.3 Å². The zero-order valence-electron chi connectivity index (χ0n) is 13.9. The van der Waals surface area contributed by atoms with Crippen LogP contribution in [0.3, 0.4) is 0 Å². The number of carbonyl (C=O) groups is 2. The maximum Gasteiger partial charge on any atom is 0.251 e. The van der Waals surface area contributed by atoms with Gasteiger partial charge < -0.3 is 20.3 Å². The summed E-state index contributed by atoms with van der Waals surface area (Å²) in [7, 11) is 1.83. The van der Waals surface area contributed by atoms with Crippen molar-refractivity contribution in [2.45, 2.75) is 32.0 Å². The number of ether oxygens (including phenoxy) is 1. The Balaban J connectivity index is 2.28. The van der Waals surface area contributed by atoms with Gasteiger partial charge in [0.1, 0.15) is 6.61 Å². The van der Waals surface area contributed by atoms with E-state index in [0.29, 0.717) is 13.1 Å². The predicted molar refractivity (Wildman–Crippen MR) is 87.8 cm³/mol. The minimum atomic E-state index is -0.700. The molecule has 0 spiro atoms. The van der Waals surface area contributed by atoms with Crippen LogP contribution in [0.1, 0.15) is 25.5 Å². The average molecular weight is 319 g/mol. The van der Waals surface area contributed by atoms with Crippen molar-refractivity contribution in [3.8, 4) is 0 Å². The Morgan fingerprint density at radius 1 is 1.30 bits per heavy atom. The van der Waals surface area contributed by atoms with Gasteiger partial charge in [0.05, 0.1) is 6.04 Å². The zero-order valence-corrected chi connectivity index (χ0v) is 13.9. The highest BCUT2D eigenvalue weighted by Gasteiger charge is 2.42. The van der Waals surface area contributed by atoms with E-state index in [1.54, 1.807) is 4.90 Å². The number of morpholine rings is 1. The third-order valence-electron chi connectivity index (χ3n) is 3.89. The van der Waals surface area contributed by atoms with Gasteiger partial charge in [-0.05, 0) is 26.5 Å². The van der Waals surface area contributed by atoms with E-state index in [2.05, 4.69) is 10.6 Å². The molecule has 1 aliphatic rings. The summed E-state index contributed by atoms with van der Waals surface area (Å²) in [5, 5.41) is 5.85. The highest BCUT2D eigenvalue weighted by Crippen LogP contribution is 2.32. The molecule has 0 aromatic heterocycles. The van der Waals surface area contributed by atoms with Crippen LogP contribution in [-0.2, 0) is 14.3 Å². The van der Waals surface area contributed by atoms with Crippen LogP contribution in [-0.4, -0.2) is 55.6 Å². The highest BCUT2D eigenvalue weighted by molar-refractivity contribution is 5.86. The summed E-state index contributed by atoms with van der Waals surface area (Å²) < 4.78 is 5.61. The zero-order chi connectivity index (χ0) is 16.8.